The molecule has 0 fully saturated rings. The fourth-order valence-corrected chi connectivity index (χ4v) is 1.23. The molecule has 0 aliphatic rings. The Bertz CT molecular complexity index is 299. The van der Waals surface area contributed by atoms with E-state index in [0.29, 0.717) is 12.2 Å². The Morgan fingerprint density at radius 3 is 2.79 bits per heavy atom. The highest BCUT2D eigenvalue weighted by molar-refractivity contribution is 5.38. The molecule has 0 saturated heterocycles. The predicted octanol–water partition coefficient (Wildman–Crippen LogP) is 3.11. The van der Waals surface area contributed by atoms with Gasteiger partial charge in [0.1, 0.15) is 0 Å². The van der Waals surface area contributed by atoms with Crippen LogP contribution < -0.4 is 4.74 Å². The second-order valence-electron chi connectivity index (χ2n) is 2.94. The zero-order valence-corrected chi connectivity index (χ0v) is 8.09. The van der Waals surface area contributed by atoms with E-state index >= 15 is 0 Å². The lowest BCUT2D eigenvalue weighted by molar-refractivity contribution is 0.314. The van der Waals surface area contributed by atoms with Gasteiger partial charge in [-0.1, -0.05) is 12.1 Å². The average molecular weight is 199 g/mol. The summed E-state index contributed by atoms with van der Waals surface area (Å²) in [5.74, 6) is -0.925. The average Bonchev–Trinajstić information content (AvgIpc) is 2.20. The van der Waals surface area contributed by atoms with Crippen molar-refractivity contribution in [2.75, 3.05) is 13.3 Å². The summed E-state index contributed by atoms with van der Waals surface area (Å²) in [5, 5.41) is 0. The van der Waals surface area contributed by atoms with Crippen LogP contribution in [0.5, 0.6) is 5.75 Å². The lowest BCUT2D eigenvalue weighted by atomic mass is 10.0. The van der Waals surface area contributed by atoms with E-state index in [1.165, 1.54) is 12.1 Å². The van der Waals surface area contributed by atoms with Crippen LogP contribution in [0.3, 0.4) is 0 Å². The molecule has 0 N–H and O–H groups in total. The monoisotopic (exact) mass is 199 g/mol. The summed E-state index contributed by atoms with van der Waals surface area (Å²) in [7, 11) is 0. The molecule has 0 bridgehead atoms. The molecule has 0 aliphatic heterocycles. The summed E-state index contributed by atoms with van der Waals surface area (Å²) in [4.78, 5) is 0. The molecule has 77 valence electrons. The second-order valence-corrected chi connectivity index (χ2v) is 2.94. The standard InChI is InChI=1S/C11H13F2O/c1-3-14-11-9(8(2)7-12)5-4-6-10(11)13/h4-6,8H,2-3,7H2,1H3. The maximum Gasteiger partial charge on any atom is 0.165 e. The van der Waals surface area contributed by atoms with E-state index < -0.39 is 18.4 Å². The van der Waals surface area contributed by atoms with E-state index in [-0.39, 0.29) is 5.75 Å². The molecule has 0 aliphatic carbocycles. The molecule has 1 rings (SSSR count). The van der Waals surface area contributed by atoms with Gasteiger partial charge in [0.2, 0.25) is 0 Å². The van der Waals surface area contributed by atoms with Gasteiger partial charge < -0.3 is 4.74 Å². The minimum Gasteiger partial charge on any atom is -0.491 e. The number of benzene rings is 1. The minimum absolute atomic E-state index is 0.118. The first-order valence-electron chi connectivity index (χ1n) is 4.51. The van der Waals surface area contributed by atoms with Gasteiger partial charge in [-0.25, -0.2) is 4.39 Å². The van der Waals surface area contributed by atoms with E-state index in [1.54, 1.807) is 13.0 Å². The van der Waals surface area contributed by atoms with Gasteiger partial charge in [0, 0.05) is 11.5 Å². The van der Waals surface area contributed by atoms with Crippen LogP contribution in [0.1, 0.15) is 18.4 Å². The summed E-state index contributed by atoms with van der Waals surface area (Å²) in [5.41, 5.74) is 0.481. The van der Waals surface area contributed by atoms with Crippen molar-refractivity contribution in [3.63, 3.8) is 0 Å². The molecule has 1 unspecified atom stereocenters. The van der Waals surface area contributed by atoms with Crippen LogP contribution in [0.4, 0.5) is 8.78 Å². The van der Waals surface area contributed by atoms with E-state index in [2.05, 4.69) is 6.92 Å². The van der Waals surface area contributed by atoms with Crippen LogP contribution in [-0.2, 0) is 0 Å². The maximum absolute atomic E-state index is 13.3. The van der Waals surface area contributed by atoms with Crippen molar-refractivity contribution >= 4 is 0 Å². The van der Waals surface area contributed by atoms with E-state index in [1.807, 2.05) is 0 Å². The molecule has 0 amide bonds. The lowest BCUT2D eigenvalue weighted by Crippen LogP contribution is -2.03. The molecular weight excluding hydrogens is 186 g/mol. The maximum atomic E-state index is 13.3. The van der Waals surface area contributed by atoms with Gasteiger partial charge >= 0.3 is 0 Å². The SMILES string of the molecule is [CH2]C(CF)c1cccc(F)c1OCC. The van der Waals surface area contributed by atoms with Gasteiger partial charge in [-0.3, -0.25) is 4.39 Å². The van der Waals surface area contributed by atoms with Crippen molar-refractivity contribution in [1.29, 1.82) is 0 Å². The molecule has 1 nitrogen and oxygen atoms in total. The highest BCUT2D eigenvalue weighted by Crippen LogP contribution is 2.29. The van der Waals surface area contributed by atoms with Crippen molar-refractivity contribution in [2.45, 2.75) is 12.8 Å². The van der Waals surface area contributed by atoms with E-state index in [4.69, 9.17) is 4.74 Å². The Labute approximate surface area is 82.7 Å². The Balaban J connectivity index is 3.07. The third kappa shape index (κ3) is 2.22. The third-order valence-electron chi connectivity index (χ3n) is 1.91. The molecule has 0 saturated carbocycles. The zero-order chi connectivity index (χ0) is 10.6. The number of alkyl halides is 1. The molecule has 1 radical (unpaired) electrons. The van der Waals surface area contributed by atoms with Gasteiger partial charge in [-0.2, -0.15) is 0 Å². The molecule has 14 heavy (non-hydrogen) atoms. The molecule has 1 atom stereocenters. The lowest BCUT2D eigenvalue weighted by Gasteiger charge is -2.14. The predicted molar refractivity (Wildman–Crippen MR) is 51.6 cm³/mol. The fraction of sp³-hybridized carbons (Fsp3) is 0.364. The van der Waals surface area contributed by atoms with Gasteiger partial charge in [0.25, 0.3) is 0 Å². The highest BCUT2D eigenvalue weighted by Gasteiger charge is 2.14. The summed E-state index contributed by atoms with van der Waals surface area (Å²) >= 11 is 0. The summed E-state index contributed by atoms with van der Waals surface area (Å²) in [6.45, 7) is 5.08. The van der Waals surface area contributed by atoms with Crippen LogP contribution in [0, 0.1) is 12.7 Å². The molecule has 0 aromatic heterocycles. The number of hydrogen-bond donors (Lipinski definition) is 0. The number of halogens is 2. The second kappa shape index (κ2) is 4.94. The van der Waals surface area contributed by atoms with Crippen LogP contribution >= 0.6 is 0 Å². The number of ether oxygens (including phenoxy) is 1. The third-order valence-corrected chi connectivity index (χ3v) is 1.91. The van der Waals surface area contributed by atoms with Crippen LogP contribution in [0.2, 0.25) is 0 Å². The molecule has 0 heterocycles. The fourth-order valence-electron chi connectivity index (χ4n) is 1.23. The van der Waals surface area contributed by atoms with Crippen molar-refractivity contribution in [3.8, 4) is 5.75 Å². The van der Waals surface area contributed by atoms with Crippen LogP contribution in [0.25, 0.3) is 0 Å². The molecule has 3 heteroatoms. The largest absolute Gasteiger partial charge is 0.491 e. The number of para-hydroxylation sites is 1. The van der Waals surface area contributed by atoms with Crippen molar-refractivity contribution in [1.82, 2.24) is 0 Å². The highest BCUT2D eigenvalue weighted by atomic mass is 19.1. The van der Waals surface area contributed by atoms with Gasteiger partial charge in [0.05, 0.1) is 13.3 Å². The summed E-state index contributed by atoms with van der Waals surface area (Å²) < 4.78 is 30.8. The topological polar surface area (TPSA) is 9.23 Å². The molecule has 1 aromatic carbocycles. The Hall–Kier alpha value is -1.12. The van der Waals surface area contributed by atoms with Crippen molar-refractivity contribution in [3.05, 3.63) is 36.5 Å². The summed E-state index contributed by atoms with van der Waals surface area (Å²) in [6, 6.07) is 4.45. The van der Waals surface area contributed by atoms with E-state index in [9.17, 15) is 8.78 Å². The number of rotatable bonds is 4. The Morgan fingerprint density at radius 1 is 1.50 bits per heavy atom. The first kappa shape index (κ1) is 11.0. The first-order valence-corrected chi connectivity index (χ1v) is 4.51. The number of hydrogen-bond acceptors (Lipinski definition) is 1. The smallest absolute Gasteiger partial charge is 0.165 e. The summed E-state index contributed by atoms with van der Waals surface area (Å²) in [6.07, 6.45) is 0. The minimum atomic E-state index is -0.622. The molecule has 1 aromatic rings. The Morgan fingerprint density at radius 2 is 2.21 bits per heavy atom. The van der Waals surface area contributed by atoms with Crippen molar-refractivity contribution < 1.29 is 13.5 Å². The van der Waals surface area contributed by atoms with Gasteiger partial charge in [-0.05, 0) is 19.9 Å². The quantitative estimate of drug-likeness (QED) is 0.724. The molecule has 0 spiro atoms. The van der Waals surface area contributed by atoms with Crippen molar-refractivity contribution in [2.24, 2.45) is 0 Å². The Kier molecular flexibility index (Phi) is 3.86. The van der Waals surface area contributed by atoms with Gasteiger partial charge in [-0.15, -0.1) is 0 Å². The van der Waals surface area contributed by atoms with Crippen LogP contribution in [-0.4, -0.2) is 13.3 Å². The molecular formula is C11H13F2O. The van der Waals surface area contributed by atoms with E-state index in [0.717, 1.165) is 0 Å². The van der Waals surface area contributed by atoms with Gasteiger partial charge in [0.15, 0.2) is 11.6 Å². The zero-order valence-electron chi connectivity index (χ0n) is 8.09. The normalized spacial score (nSPS) is 12.6. The first-order chi connectivity index (χ1) is 6.70. The van der Waals surface area contributed by atoms with Crippen LogP contribution in [0.15, 0.2) is 18.2 Å².